The lowest BCUT2D eigenvalue weighted by Gasteiger charge is -2.18. The molecule has 2 rings (SSSR count). The molecule has 6 heteroatoms. The molecule has 0 amide bonds. The predicted molar refractivity (Wildman–Crippen MR) is 65.5 cm³/mol. The van der Waals surface area contributed by atoms with Gasteiger partial charge in [0.05, 0.1) is 35.5 Å². The number of carboxylic acid groups (broad SMARTS) is 1. The molecule has 2 unspecified atom stereocenters. The second kappa shape index (κ2) is 5.25. The van der Waals surface area contributed by atoms with Gasteiger partial charge in [-0.05, 0) is 12.1 Å². The summed E-state index contributed by atoms with van der Waals surface area (Å²) in [4.78, 5) is 11.0. The number of hydrogen-bond donors (Lipinski definition) is 2. The van der Waals surface area contributed by atoms with E-state index in [1.165, 1.54) is 0 Å². The van der Waals surface area contributed by atoms with E-state index in [1.54, 1.807) is 18.2 Å². The summed E-state index contributed by atoms with van der Waals surface area (Å²) in [7, 11) is 0. The van der Waals surface area contributed by atoms with Gasteiger partial charge in [-0.1, -0.05) is 17.7 Å². The van der Waals surface area contributed by atoms with Crippen LogP contribution >= 0.6 is 11.6 Å². The number of anilines is 1. The van der Waals surface area contributed by atoms with Gasteiger partial charge in [0.15, 0.2) is 0 Å². The molecular formula is C12H11ClN2O3. The minimum Gasteiger partial charge on any atom is -0.481 e. The van der Waals surface area contributed by atoms with Crippen LogP contribution in [0.2, 0.25) is 5.02 Å². The number of benzene rings is 1. The maximum absolute atomic E-state index is 11.0. The number of nitriles is 1. The first-order chi connectivity index (χ1) is 8.63. The van der Waals surface area contributed by atoms with Crippen molar-refractivity contribution in [3.63, 3.8) is 0 Å². The summed E-state index contributed by atoms with van der Waals surface area (Å²) < 4.78 is 5.15. The SMILES string of the molecule is N#Cc1c(Cl)cccc1NC1COCC1C(=O)O. The molecular weight excluding hydrogens is 256 g/mol. The topological polar surface area (TPSA) is 82.3 Å². The van der Waals surface area contributed by atoms with Crippen molar-refractivity contribution in [2.45, 2.75) is 6.04 Å². The van der Waals surface area contributed by atoms with Gasteiger partial charge in [0.2, 0.25) is 0 Å². The molecule has 1 aliphatic rings. The highest BCUT2D eigenvalue weighted by molar-refractivity contribution is 6.32. The van der Waals surface area contributed by atoms with E-state index < -0.39 is 11.9 Å². The smallest absolute Gasteiger partial charge is 0.311 e. The van der Waals surface area contributed by atoms with E-state index in [9.17, 15) is 4.79 Å². The molecule has 94 valence electrons. The van der Waals surface area contributed by atoms with Crippen molar-refractivity contribution in [1.29, 1.82) is 5.26 Å². The quantitative estimate of drug-likeness (QED) is 0.870. The van der Waals surface area contributed by atoms with E-state index in [2.05, 4.69) is 5.32 Å². The summed E-state index contributed by atoms with van der Waals surface area (Å²) >= 11 is 5.90. The molecule has 0 aliphatic carbocycles. The van der Waals surface area contributed by atoms with Crippen LogP contribution in [-0.2, 0) is 9.53 Å². The van der Waals surface area contributed by atoms with Crippen molar-refractivity contribution in [2.75, 3.05) is 18.5 Å². The van der Waals surface area contributed by atoms with E-state index in [0.29, 0.717) is 22.9 Å². The fourth-order valence-electron chi connectivity index (χ4n) is 1.90. The maximum Gasteiger partial charge on any atom is 0.311 e. The Balaban J connectivity index is 2.22. The van der Waals surface area contributed by atoms with Crippen molar-refractivity contribution < 1.29 is 14.6 Å². The zero-order valence-electron chi connectivity index (χ0n) is 9.39. The average Bonchev–Trinajstić information content (AvgIpc) is 2.77. The first-order valence-corrected chi connectivity index (χ1v) is 5.77. The van der Waals surface area contributed by atoms with Gasteiger partial charge in [-0.2, -0.15) is 5.26 Å². The normalized spacial score (nSPS) is 22.4. The van der Waals surface area contributed by atoms with Crippen LogP contribution in [0.3, 0.4) is 0 Å². The van der Waals surface area contributed by atoms with Gasteiger partial charge in [0, 0.05) is 0 Å². The van der Waals surface area contributed by atoms with Gasteiger partial charge in [-0.3, -0.25) is 4.79 Å². The number of carbonyl (C=O) groups is 1. The molecule has 1 fully saturated rings. The maximum atomic E-state index is 11.0. The lowest BCUT2D eigenvalue weighted by Crippen LogP contribution is -2.33. The van der Waals surface area contributed by atoms with E-state index >= 15 is 0 Å². The second-order valence-electron chi connectivity index (χ2n) is 4.01. The third-order valence-electron chi connectivity index (χ3n) is 2.86. The van der Waals surface area contributed by atoms with Crippen molar-refractivity contribution in [3.05, 3.63) is 28.8 Å². The number of aliphatic carboxylic acids is 1. The monoisotopic (exact) mass is 266 g/mol. The Kier molecular flexibility index (Phi) is 3.70. The molecule has 0 saturated carbocycles. The van der Waals surface area contributed by atoms with E-state index in [1.807, 2.05) is 6.07 Å². The second-order valence-corrected chi connectivity index (χ2v) is 4.41. The summed E-state index contributed by atoms with van der Waals surface area (Å²) in [5.41, 5.74) is 0.849. The Labute approximate surface area is 109 Å². The lowest BCUT2D eigenvalue weighted by molar-refractivity contribution is -0.141. The summed E-state index contributed by atoms with van der Waals surface area (Å²) in [6.45, 7) is 0.476. The minimum absolute atomic E-state index is 0.176. The number of carboxylic acids is 1. The number of halogens is 1. The van der Waals surface area contributed by atoms with Gasteiger partial charge < -0.3 is 15.2 Å². The number of nitrogens with one attached hydrogen (secondary N) is 1. The minimum atomic E-state index is -0.912. The van der Waals surface area contributed by atoms with Gasteiger partial charge in [0.1, 0.15) is 12.0 Å². The molecule has 0 radical (unpaired) electrons. The summed E-state index contributed by atoms with van der Waals surface area (Å²) in [5.74, 6) is -1.53. The largest absolute Gasteiger partial charge is 0.481 e. The molecule has 0 spiro atoms. The molecule has 1 saturated heterocycles. The van der Waals surface area contributed by atoms with E-state index in [0.717, 1.165) is 0 Å². The van der Waals surface area contributed by atoms with Gasteiger partial charge in [-0.15, -0.1) is 0 Å². The van der Waals surface area contributed by atoms with Gasteiger partial charge >= 0.3 is 5.97 Å². The van der Waals surface area contributed by atoms with Gasteiger partial charge in [-0.25, -0.2) is 0 Å². The molecule has 18 heavy (non-hydrogen) atoms. The molecule has 1 aliphatic heterocycles. The third kappa shape index (κ3) is 2.40. The summed E-state index contributed by atoms with van der Waals surface area (Å²) in [5, 5.41) is 21.4. The van der Waals surface area contributed by atoms with E-state index in [-0.39, 0.29) is 12.6 Å². The van der Waals surface area contributed by atoms with Crippen LogP contribution < -0.4 is 5.32 Å². The highest BCUT2D eigenvalue weighted by Gasteiger charge is 2.34. The Morgan fingerprint density at radius 1 is 1.56 bits per heavy atom. The molecule has 1 heterocycles. The van der Waals surface area contributed by atoms with Crippen molar-refractivity contribution >= 4 is 23.3 Å². The first kappa shape index (κ1) is 12.7. The molecule has 5 nitrogen and oxygen atoms in total. The summed E-state index contributed by atoms with van der Waals surface area (Å²) in [6, 6.07) is 6.66. The molecule has 0 bridgehead atoms. The average molecular weight is 267 g/mol. The van der Waals surface area contributed by atoms with Crippen molar-refractivity contribution in [2.24, 2.45) is 5.92 Å². The van der Waals surface area contributed by atoms with Crippen LogP contribution in [0.1, 0.15) is 5.56 Å². The van der Waals surface area contributed by atoms with Gasteiger partial charge in [0.25, 0.3) is 0 Å². The Hall–Kier alpha value is -1.77. The number of nitrogens with zero attached hydrogens (tertiary/aromatic N) is 1. The standard InChI is InChI=1S/C12H11ClN2O3/c13-9-2-1-3-10(7(9)4-14)15-11-6-18-5-8(11)12(16)17/h1-3,8,11,15H,5-6H2,(H,16,17). The van der Waals surface area contributed by atoms with E-state index in [4.69, 9.17) is 26.7 Å². The fraction of sp³-hybridized carbons (Fsp3) is 0.333. The number of ether oxygens (including phenoxy) is 1. The van der Waals surface area contributed by atoms with Crippen LogP contribution in [-0.4, -0.2) is 30.3 Å². The molecule has 1 aromatic carbocycles. The highest BCUT2D eigenvalue weighted by atomic mass is 35.5. The van der Waals surface area contributed by atoms with Crippen LogP contribution in [0, 0.1) is 17.2 Å². The predicted octanol–water partition coefficient (Wildman–Crippen LogP) is 1.72. The van der Waals surface area contributed by atoms with Crippen LogP contribution in [0.5, 0.6) is 0 Å². The Bertz CT molecular complexity index is 513. The number of hydrogen-bond acceptors (Lipinski definition) is 4. The van der Waals surface area contributed by atoms with Crippen molar-refractivity contribution in [3.8, 4) is 6.07 Å². The zero-order valence-corrected chi connectivity index (χ0v) is 10.1. The molecule has 2 N–H and O–H groups in total. The van der Waals surface area contributed by atoms with Crippen LogP contribution in [0.15, 0.2) is 18.2 Å². The molecule has 0 aromatic heterocycles. The third-order valence-corrected chi connectivity index (χ3v) is 3.18. The van der Waals surface area contributed by atoms with Crippen LogP contribution in [0.25, 0.3) is 0 Å². The van der Waals surface area contributed by atoms with Crippen molar-refractivity contribution in [1.82, 2.24) is 0 Å². The first-order valence-electron chi connectivity index (χ1n) is 5.39. The zero-order chi connectivity index (χ0) is 13.1. The lowest BCUT2D eigenvalue weighted by atomic mass is 10.0. The highest BCUT2D eigenvalue weighted by Crippen LogP contribution is 2.26. The van der Waals surface area contributed by atoms with Crippen LogP contribution in [0.4, 0.5) is 5.69 Å². The Morgan fingerprint density at radius 3 is 3.00 bits per heavy atom. The Morgan fingerprint density at radius 2 is 2.33 bits per heavy atom. The number of rotatable bonds is 3. The molecule has 2 atom stereocenters. The fourth-order valence-corrected chi connectivity index (χ4v) is 2.11. The molecule has 1 aromatic rings. The summed E-state index contributed by atoms with van der Waals surface area (Å²) in [6.07, 6.45) is 0.